The number of rotatable bonds is 5. The van der Waals surface area contributed by atoms with E-state index in [4.69, 9.17) is 0 Å². The van der Waals surface area contributed by atoms with Gasteiger partial charge >= 0.3 is 0 Å². The lowest BCUT2D eigenvalue weighted by molar-refractivity contribution is 0.219. The van der Waals surface area contributed by atoms with Crippen LogP contribution in [0.4, 0.5) is 5.13 Å². The van der Waals surface area contributed by atoms with E-state index >= 15 is 0 Å². The molecule has 1 aliphatic carbocycles. The maximum Gasteiger partial charge on any atom is 0.202 e. The number of anilines is 1. The summed E-state index contributed by atoms with van der Waals surface area (Å²) in [6.45, 7) is 5.95. The molecule has 1 aliphatic heterocycles. The van der Waals surface area contributed by atoms with Crippen molar-refractivity contribution in [1.82, 2.24) is 14.3 Å². The molecule has 100 valence electrons. The molecular weight excluding hydrogens is 244 g/mol. The fraction of sp³-hybridized carbons (Fsp3) is 0.846. The Balaban J connectivity index is 1.47. The zero-order chi connectivity index (χ0) is 12.4. The van der Waals surface area contributed by atoms with Gasteiger partial charge in [-0.05, 0) is 38.6 Å². The molecule has 18 heavy (non-hydrogen) atoms. The van der Waals surface area contributed by atoms with E-state index in [1.807, 2.05) is 0 Å². The summed E-state index contributed by atoms with van der Waals surface area (Å²) in [6.07, 6.45) is 6.30. The van der Waals surface area contributed by atoms with Crippen LogP contribution >= 0.6 is 11.5 Å². The van der Waals surface area contributed by atoms with E-state index in [1.54, 1.807) is 0 Å². The quantitative estimate of drug-likeness (QED) is 0.889. The average Bonchev–Trinajstić information content (AvgIpc) is 3.13. The summed E-state index contributed by atoms with van der Waals surface area (Å²) >= 11 is 1.54. The maximum atomic E-state index is 4.60. The van der Waals surface area contributed by atoms with Gasteiger partial charge in [-0.2, -0.15) is 4.37 Å². The number of piperidine rings is 1. The topological polar surface area (TPSA) is 41.0 Å². The van der Waals surface area contributed by atoms with E-state index in [-0.39, 0.29) is 0 Å². The largest absolute Gasteiger partial charge is 0.357 e. The predicted molar refractivity (Wildman–Crippen MR) is 75.3 cm³/mol. The average molecular weight is 266 g/mol. The molecule has 0 radical (unpaired) electrons. The lowest BCUT2D eigenvalue weighted by atomic mass is 10.1. The Morgan fingerprint density at radius 2 is 2.06 bits per heavy atom. The Labute approximate surface area is 113 Å². The van der Waals surface area contributed by atoms with Gasteiger partial charge in [0.1, 0.15) is 5.82 Å². The van der Waals surface area contributed by atoms with E-state index in [1.165, 1.54) is 63.3 Å². The van der Waals surface area contributed by atoms with Crippen LogP contribution in [0, 0.1) is 0 Å². The number of hydrogen-bond acceptors (Lipinski definition) is 5. The van der Waals surface area contributed by atoms with Crippen LogP contribution in [0.5, 0.6) is 0 Å². The van der Waals surface area contributed by atoms with Crippen molar-refractivity contribution >= 4 is 16.7 Å². The number of aromatic nitrogens is 2. The first kappa shape index (κ1) is 12.4. The van der Waals surface area contributed by atoms with Gasteiger partial charge in [-0.3, -0.25) is 0 Å². The monoisotopic (exact) mass is 266 g/mol. The molecule has 1 saturated carbocycles. The van der Waals surface area contributed by atoms with Crippen molar-refractivity contribution in [3.8, 4) is 0 Å². The van der Waals surface area contributed by atoms with Crippen LogP contribution in [-0.2, 0) is 0 Å². The second-order valence-electron chi connectivity index (χ2n) is 5.49. The Kier molecular flexibility index (Phi) is 3.80. The third-order valence-electron chi connectivity index (χ3n) is 3.84. The third-order valence-corrected chi connectivity index (χ3v) is 4.50. The summed E-state index contributed by atoms with van der Waals surface area (Å²) in [7, 11) is 0. The Hall–Kier alpha value is -0.680. The molecule has 2 heterocycles. The molecule has 1 N–H and O–H groups in total. The second kappa shape index (κ2) is 5.53. The van der Waals surface area contributed by atoms with Crippen molar-refractivity contribution in [3.05, 3.63) is 5.82 Å². The lowest BCUT2D eigenvalue weighted by Gasteiger charge is -2.31. The van der Waals surface area contributed by atoms with Crippen LogP contribution < -0.4 is 5.32 Å². The minimum Gasteiger partial charge on any atom is -0.357 e. The summed E-state index contributed by atoms with van der Waals surface area (Å²) in [6, 6.07) is 0.595. The molecule has 0 aromatic carbocycles. The number of hydrogen-bond donors (Lipinski definition) is 1. The molecule has 0 unspecified atom stereocenters. The fourth-order valence-corrected chi connectivity index (χ4v) is 3.32. The molecule has 2 fully saturated rings. The first-order valence-electron chi connectivity index (χ1n) is 7.17. The summed E-state index contributed by atoms with van der Waals surface area (Å²) in [4.78, 5) is 7.17. The highest BCUT2D eigenvalue weighted by Crippen LogP contribution is 2.39. The van der Waals surface area contributed by atoms with Crippen LogP contribution in [-0.4, -0.2) is 39.9 Å². The van der Waals surface area contributed by atoms with Crippen molar-refractivity contribution in [1.29, 1.82) is 0 Å². The Morgan fingerprint density at radius 1 is 1.28 bits per heavy atom. The van der Waals surface area contributed by atoms with Gasteiger partial charge in [-0.1, -0.05) is 6.92 Å². The van der Waals surface area contributed by atoms with Crippen molar-refractivity contribution in [2.75, 3.05) is 25.0 Å². The van der Waals surface area contributed by atoms with Crippen molar-refractivity contribution < 1.29 is 0 Å². The summed E-state index contributed by atoms with van der Waals surface area (Å²) in [5.74, 6) is 1.74. The van der Waals surface area contributed by atoms with Crippen LogP contribution in [0.25, 0.3) is 0 Å². The van der Waals surface area contributed by atoms with Crippen molar-refractivity contribution in [2.45, 2.75) is 51.0 Å². The first-order chi connectivity index (χ1) is 8.85. The SMILES string of the molecule is CCCN1CCC(Nc2nc(C3CC3)ns2)CC1. The van der Waals surface area contributed by atoms with Gasteiger partial charge < -0.3 is 10.2 Å². The Morgan fingerprint density at radius 3 is 2.72 bits per heavy atom. The van der Waals surface area contributed by atoms with Gasteiger partial charge in [0.2, 0.25) is 5.13 Å². The highest BCUT2D eigenvalue weighted by Gasteiger charge is 2.28. The van der Waals surface area contributed by atoms with Crippen molar-refractivity contribution in [2.24, 2.45) is 0 Å². The molecule has 0 spiro atoms. The Bertz CT molecular complexity index is 380. The van der Waals surface area contributed by atoms with Crippen LogP contribution in [0.15, 0.2) is 0 Å². The molecular formula is C13H22N4S. The minimum absolute atomic E-state index is 0.595. The zero-order valence-corrected chi connectivity index (χ0v) is 11.9. The molecule has 0 bridgehead atoms. The molecule has 2 aliphatic rings. The van der Waals surface area contributed by atoms with Gasteiger partial charge in [0, 0.05) is 36.6 Å². The predicted octanol–water partition coefficient (Wildman–Crippen LogP) is 2.70. The van der Waals surface area contributed by atoms with E-state index in [9.17, 15) is 0 Å². The molecule has 4 nitrogen and oxygen atoms in total. The van der Waals surface area contributed by atoms with Crippen LogP contribution in [0.1, 0.15) is 50.8 Å². The van der Waals surface area contributed by atoms with Gasteiger partial charge in [0.15, 0.2) is 0 Å². The molecule has 5 heteroatoms. The molecule has 0 atom stereocenters. The lowest BCUT2D eigenvalue weighted by Crippen LogP contribution is -2.39. The number of nitrogens with one attached hydrogen (secondary N) is 1. The molecule has 1 aromatic heterocycles. The summed E-state index contributed by atoms with van der Waals surface area (Å²) < 4.78 is 4.45. The van der Waals surface area contributed by atoms with Gasteiger partial charge in [0.05, 0.1) is 0 Å². The maximum absolute atomic E-state index is 4.60. The first-order valence-corrected chi connectivity index (χ1v) is 7.95. The van der Waals surface area contributed by atoms with E-state index in [0.29, 0.717) is 12.0 Å². The van der Waals surface area contributed by atoms with Gasteiger partial charge in [0.25, 0.3) is 0 Å². The second-order valence-corrected chi connectivity index (χ2v) is 6.24. The van der Waals surface area contributed by atoms with E-state index < -0.39 is 0 Å². The van der Waals surface area contributed by atoms with E-state index in [2.05, 4.69) is 26.5 Å². The zero-order valence-electron chi connectivity index (χ0n) is 11.1. The molecule has 3 rings (SSSR count). The highest BCUT2D eigenvalue weighted by molar-refractivity contribution is 7.09. The smallest absolute Gasteiger partial charge is 0.202 e. The van der Waals surface area contributed by atoms with E-state index in [0.717, 1.165) is 11.0 Å². The minimum atomic E-state index is 0.595. The molecule has 0 amide bonds. The molecule has 1 saturated heterocycles. The highest BCUT2D eigenvalue weighted by atomic mass is 32.1. The van der Waals surface area contributed by atoms with Gasteiger partial charge in [-0.15, -0.1) is 0 Å². The summed E-state index contributed by atoms with van der Waals surface area (Å²) in [5, 5.41) is 4.60. The third kappa shape index (κ3) is 3.01. The standard InChI is InChI=1S/C13H22N4S/c1-2-7-17-8-5-11(6-9-17)14-13-15-12(16-18-13)10-3-4-10/h10-11H,2-9H2,1H3,(H,14,15,16). The summed E-state index contributed by atoms with van der Waals surface area (Å²) in [5.41, 5.74) is 0. The normalized spacial score (nSPS) is 22.3. The number of likely N-dealkylation sites (tertiary alicyclic amines) is 1. The fourth-order valence-electron chi connectivity index (χ4n) is 2.59. The van der Waals surface area contributed by atoms with Crippen LogP contribution in [0.2, 0.25) is 0 Å². The van der Waals surface area contributed by atoms with Gasteiger partial charge in [-0.25, -0.2) is 4.98 Å². The molecule has 1 aromatic rings. The number of nitrogens with zero attached hydrogens (tertiary/aromatic N) is 3. The van der Waals surface area contributed by atoms with Crippen molar-refractivity contribution in [3.63, 3.8) is 0 Å². The van der Waals surface area contributed by atoms with Crippen LogP contribution in [0.3, 0.4) is 0 Å².